The first kappa shape index (κ1) is 10.5. The van der Waals surface area contributed by atoms with Crippen molar-refractivity contribution in [1.82, 2.24) is 0 Å². The van der Waals surface area contributed by atoms with Gasteiger partial charge in [-0.3, -0.25) is 4.79 Å². The molecule has 82 valence electrons. The zero-order valence-corrected chi connectivity index (χ0v) is 8.93. The second-order valence-electron chi connectivity index (χ2n) is 3.54. The molecule has 0 unspecified atom stereocenters. The lowest BCUT2D eigenvalue weighted by Gasteiger charge is -2.10. The van der Waals surface area contributed by atoms with E-state index >= 15 is 0 Å². The van der Waals surface area contributed by atoms with Gasteiger partial charge in [-0.1, -0.05) is 30.3 Å². The monoisotopic (exact) mass is 216 g/mol. The topological polar surface area (TPSA) is 46.5 Å². The predicted octanol–water partition coefficient (Wildman–Crippen LogP) is 2.48. The predicted molar refractivity (Wildman–Crippen MR) is 61.8 cm³/mol. The van der Waals surface area contributed by atoms with E-state index in [1.165, 1.54) is 0 Å². The van der Waals surface area contributed by atoms with Crippen molar-refractivity contribution in [3.05, 3.63) is 42.0 Å². The van der Waals surface area contributed by atoms with Gasteiger partial charge in [0.15, 0.2) is 0 Å². The summed E-state index contributed by atoms with van der Waals surface area (Å²) in [7, 11) is 1.55. The number of benzene rings is 2. The molecule has 0 aliphatic heterocycles. The van der Waals surface area contributed by atoms with Crippen LogP contribution in [0.2, 0.25) is 0 Å². The van der Waals surface area contributed by atoms with E-state index in [2.05, 4.69) is 0 Å². The van der Waals surface area contributed by atoms with Crippen LogP contribution in [0.25, 0.3) is 10.8 Å². The van der Waals surface area contributed by atoms with E-state index in [1.54, 1.807) is 13.2 Å². The smallest absolute Gasteiger partial charge is 0.307 e. The average molecular weight is 216 g/mol. The van der Waals surface area contributed by atoms with Crippen LogP contribution in [0.1, 0.15) is 5.56 Å². The number of hydrogen-bond acceptors (Lipinski definition) is 2. The summed E-state index contributed by atoms with van der Waals surface area (Å²) < 4.78 is 5.19. The van der Waals surface area contributed by atoms with Crippen LogP contribution in [0, 0.1) is 0 Å². The van der Waals surface area contributed by atoms with Crippen molar-refractivity contribution in [3.8, 4) is 5.75 Å². The molecule has 0 aromatic heterocycles. The normalized spacial score (nSPS) is 10.3. The minimum absolute atomic E-state index is 0.0233. The first-order valence-corrected chi connectivity index (χ1v) is 4.99. The van der Waals surface area contributed by atoms with Crippen LogP contribution in [0.5, 0.6) is 5.75 Å². The molecular formula is C13H12O3. The maximum absolute atomic E-state index is 10.8. The van der Waals surface area contributed by atoms with Crippen LogP contribution >= 0.6 is 0 Å². The van der Waals surface area contributed by atoms with Crippen LogP contribution in [0.3, 0.4) is 0 Å². The molecule has 1 N–H and O–H groups in total. The lowest BCUT2D eigenvalue weighted by molar-refractivity contribution is -0.136. The molecule has 0 saturated carbocycles. The van der Waals surface area contributed by atoms with Crippen molar-refractivity contribution in [2.45, 2.75) is 6.42 Å². The summed E-state index contributed by atoms with van der Waals surface area (Å²) in [5.74, 6) is -0.226. The lowest BCUT2D eigenvalue weighted by atomic mass is 10.0. The molecule has 3 nitrogen and oxygen atoms in total. The van der Waals surface area contributed by atoms with Gasteiger partial charge in [0.1, 0.15) is 5.75 Å². The quantitative estimate of drug-likeness (QED) is 0.857. The average Bonchev–Trinajstić information content (AvgIpc) is 2.29. The Morgan fingerprint density at radius 1 is 1.25 bits per heavy atom. The minimum atomic E-state index is -0.852. The maximum atomic E-state index is 10.8. The molecule has 0 amide bonds. The standard InChI is InChI=1S/C13H12O3/c1-16-12-7-6-9-4-2-3-5-10(9)11(12)8-13(14)15/h2-7H,8H2,1H3,(H,14,15). The molecule has 0 spiro atoms. The number of hydrogen-bond donors (Lipinski definition) is 1. The van der Waals surface area contributed by atoms with Gasteiger partial charge in [0.05, 0.1) is 13.5 Å². The van der Waals surface area contributed by atoms with Crippen molar-refractivity contribution in [3.63, 3.8) is 0 Å². The number of fused-ring (bicyclic) bond motifs is 1. The summed E-state index contributed by atoms with van der Waals surface area (Å²) >= 11 is 0. The number of rotatable bonds is 3. The van der Waals surface area contributed by atoms with Crippen LogP contribution in [0.15, 0.2) is 36.4 Å². The van der Waals surface area contributed by atoms with Crippen molar-refractivity contribution in [2.75, 3.05) is 7.11 Å². The number of aliphatic carboxylic acids is 1. The molecule has 0 atom stereocenters. The fourth-order valence-electron chi connectivity index (χ4n) is 1.84. The van der Waals surface area contributed by atoms with Gasteiger partial charge in [-0.2, -0.15) is 0 Å². The highest BCUT2D eigenvalue weighted by molar-refractivity contribution is 5.90. The number of carbonyl (C=O) groups is 1. The Hall–Kier alpha value is -2.03. The van der Waals surface area contributed by atoms with E-state index in [9.17, 15) is 4.79 Å². The molecule has 0 radical (unpaired) electrons. The number of methoxy groups -OCH3 is 1. The molecule has 0 saturated heterocycles. The Morgan fingerprint density at radius 3 is 2.69 bits per heavy atom. The van der Waals surface area contributed by atoms with E-state index in [-0.39, 0.29) is 6.42 Å². The summed E-state index contributed by atoms with van der Waals surface area (Å²) in [5, 5.41) is 10.9. The molecule has 0 fully saturated rings. The number of ether oxygens (including phenoxy) is 1. The molecule has 2 aromatic rings. The fourth-order valence-corrected chi connectivity index (χ4v) is 1.84. The minimum Gasteiger partial charge on any atom is -0.496 e. The van der Waals surface area contributed by atoms with Gasteiger partial charge < -0.3 is 9.84 Å². The van der Waals surface area contributed by atoms with Crippen molar-refractivity contribution >= 4 is 16.7 Å². The fraction of sp³-hybridized carbons (Fsp3) is 0.154. The molecule has 0 bridgehead atoms. The highest BCUT2D eigenvalue weighted by atomic mass is 16.5. The van der Waals surface area contributed by atoms with E-state index in [1.807, 2.05) is 30.3 Å². The van der Waals surface area contributed by atoms with E-state index in [0.717, 1.165) is 16.3 Å². The van der Waals surface area contributed by atoms with Gasteiger partial charge in [0, 0.05) is 5.56 Å². The van der Waals surface area contributed by atoms with Crippen LogP contribution in [-0.2, 0) is 11.2 Å². The maximum Gasteiger partial charge on any atom is 0.307 e. The van der Waals surface area contributed by atoms with Gasteiger partial charge in [0.25, 0.3) is 0 Å². The van der Waals surface area contributed by atoms with Crippen LogP contribution in [0.4, 0.5) is 0 Å². The Labute approximate surface area is 93.3 Å². The first-order valence-electron chi connectivity index (χ1n) is 4.99. The molecule has 3 heteroatoms. The number of carboxylic acid groups (broad SMARTS) is 1. The lowest BCUT2D eigenvalue weighted by Crippen LogP contribution is -2.03. The summed E-state index contributed by atoms with van der Waals surface area (Å²) in [6.45, 7) is 0. The molecule has 0 aliphatic carbocycles. The zero-order valence-electron chi connectivity index (χ0n) is 8.93. The molecular weight excluding hydrogens is 204 g/mol. The summed E-state index contributed by atoms with van der Waals surface area (Å²) in [6, 6.07) is 11.4. The van der Waals surface area contributed by atoms with Gasteiger partial charge in [-0.25, -0.2) is 0 Å². The second-order valence-corrected chi connectivity index (χ2v) is 3.54. The summed E-state index contributed by atoms with van der Waals surface area (Å²) in [5.41, 5.74) is 0.730. The SMILES string of the molecule is COc1ccc2ccccc2c1CC(=O)O. The van der Waals surface area contributed by atoms with Crippen LogP contribution < -0.4 is 4.74 Å². The highest BCUT2D eigenvalue weighted by Crippen LogP contribution is 2.28. The highest BCUT2D eigenvalue weighted by Gasteiger charge is 2.11. The molecule has 2 rings (SSSR count). The Kier molecular flexibility index (Phi) is 2.77. The third-order valence-corrected chi connectivity index (χ3v) is 2.55. The molecule has 0 aliphatic rings. The van der Waals surface area contributed by atoms with Gasteiger partial charge in [-0.15, -0.1) is 0 Å². The second kappa shape index (κ2) is 4.23. The third kappa shape index (κ3) is 1.84. The molecule has 2 aromatic carbocycles. The Bertz CT molecular complexity index is 532. The van der Waals surface area contributed by atoms with Crippen molar-refractivity contribution in [2.24, 2.45) is 0 Å². The zero-order chi connectivity index (χ0) is 11.5. The number of carboxylic acids is 1. The van der Waals surface area contributed by atoms with Crippen LogP contribution in [-0.4, -0.2) is 18.2 Å². The largest absolute Gasteiger partial charge is 0.496 e. The van der Waals surface area contributed by atoms with Gasteiger partial charge in [-0.05, 0) is 16.8 Å². The van der Waals surface area contributed by atoms with Crippen molar-refractivity contribution < 1.29 is 14.6 Å². The third-order valence-electron chi connectivity index (χ3n) is 2.55. The Morgan fingerprint density at radius 2 is 2.00 bits per heavy atom. The first-order chi connectivity index (χ1) is 7.72. The molecule has 0 heterocycles. The van der Waals surface area contributed by atoms with Gasteiger partial charge >= 0.3 is 5.97 Å². The Balaban J connectivity index is 2.67. The summed E-state index contributed by atoms with van der Waals surface area (Å²) in [4.78, 5) is 10.8. The molecule has 16 heavy (non-hydrogen) atoms. The van der Waals surface area contributed by atoms with E-state index in [4.69, 9.17) is 9.84 Å². The van der Waals surface area contributed by atoms with E-state index in [0.29, 0.717) is 5.75 Å². The van der Waals surface area contributed by atoms with Gasteiger partial charge in [0.2, 0.25) is 0 Å². The van der Waals surface area contributed by atoms with E-state index < -0.39 is 5.97 Å². The summed E-state index contributed by atoms with van der Waals surface area (Å²) in [6.07, 6.45) is -0.0233. The van der Waals surface area contributed by atoms with Crippen molar-refractivity contribution in [1.29, 1.82) is 0 Å².